The molecule has 122 valence electrons. The number of rotatable bonds is 3. The maximum absolute atomic E-state index is 14.4. The lowest BCUT2D eigenvalue weighted by molar-refractivity contribution is -0.107. The Balaban J connectivity index is 1.62. The van der Waals surface area contributed by atoms with E-state index in [1.54, 1.807) is 13.1 Å². The highest BCUT2D eigenvalue weighted by Crippen LogP contribution is 2.49. The van der Waals surface area contributed by atoms with Crippen LogP contribution in [0, 0.1) is 17.7 Å². The van der Waals surface area contributed by atoms with Gasteiger partial charge in [-0.3, -0.25) is 9.89 Å². The minimum atomic E-state index is -0.453. The number of imidazole rings is 1. The summed E-state index contributed by atoms with van der Waals surface area (Å²) in [5.74, 6) is 1.69. The second-order valence-corrected chi connectivity index (χ2v) is 6.82. The number of hydrogen-bond acceptors (Lipinski definition) is 3. The van der Waals surface area contributed by atoms with E-state index in [1.807, 2.05) is 0 Å². The molecule has 0 bridgehead atoms. The van der Waals surface area contributed by atoms with Gasteiger partial charge in [0.15, 0.2) is 11.6 Å². The van der Waals surface area contributed by atoms with Crippen molar-refractivity contribution < 1.29 is 9.18 Å². The van der Waals surface area contributed by atoms with Crippen LogP contribution in [0.4, 0.5) is 10.1 Å². The van der Waals surface area contributed by atoms with Crippen LogP contribution in [0.3, 0.4) is 0 Å². The molecule has 1 saturated carbocycles. The van der Waals surface area contributed by atoms with Gasteiger partial charge in [-0.2, -0.15) is 5.10 Å². The third-order valence-corrected chi connectivity index (χ3v) is 5.27. The van der Waals surface area contributed by atoms with Gasteiger partial charge in [0.25, 0.3) is 0 Å². The van der Waals surface area contributed by atoms with Crippen LogP contribution in [0.5, 0.6) is 0 Å². The number of anilines is 1. The fraction of sp³-hybridized carbons (Fsp3) is 0.353. The number of carbonyl (C=O) groups is 1. The third kappa shape index (κ3) is 1.90. The summed E-state index contributed by atoms with van der Waals surface area (Å²) in [6, 6.07) is 3.04. The predicted octanol–water partition coefficient (Wildman–Crippen LogP) is 2.42. The van der Waals surface area contributed by atoms with Gasteiger partial charge in [0.05, 0.1) is 5.52 Å². The highest BCUT2D eigenvalue weighted by Gasteiger charge is 2.43. The molecule has 1 fully saturated rings. The number of H-pyrrole nitrogens is 2. The molecule has 2 unspecified atom stereocenters. The first-order valence-corrected chi connectivity index (χ1v) is 8.08. The lowest BCUT2D eigenvalue weighted by Crippen LogP contribution is -2.13. The van der Waals surface area contributed by atoms with Crippen molar-refractivity contribution in [1.29, 1.82) is 0 Å². The average Bonchev–Trinajstić information content (AvgIpc) is 3.00. The number of nitrogens with zero attached hydrogens (tertiary/aromatic N) is 3. The van der Waals surface area contributed by atoms with E-state index in [4.69, 9.17) is 0 Å². The van der Waals surface area contributed by atoms with Gasteiger partial charge >= 0.3 is 0 Å². The van der Waals surface area contributed by atoms with Crippen LogP contribution in [0.25, 0.3) is 22.6 Å². The predicted molar refractivity (Wildman–Crippen MR) is 87.1 cm³/mol. The number of benzene rings is 1. The SMILES string of the molecule is CN(C=O)c1cc(F)c2nc(-c3n[nH]c4c3CC3CC3C4)[nH]c2c1. The van der Waals surface area contributed by atoms with Crippen LogP contribution >= 0.6 is 0 Å². The van der Waals surface area contributed by atoms with Crippen molar-refractivity contribution in [1.82, 2.24) is 20.2 Å². The summed E-state index contributed by atoms with van der Waals surface area (Å²) in [6.45, 7) is 0. The van der Waals surface area contributed by atoms with Crippen LogP contribution in [0.2, 0.25) is 0 Å². The Morgan fingerprint density at radius 3 is 3.00 bits per heavy atom. The quantitative estimate of drug-likeness (QED) is 0.726. The number of nitrogens with one attached hydrogen (secondary N) is 2. The molecule has 7 heteroatoms. The lowest BCUT2D eigenvalue weighted by Gasteiger charge is -2.10. The molecule has 5 rings (SSSR count). The number of carbonyl (C=O) groups excluding carboxylic acids is 1. The second-order valence-electron chi connectivity index (χ2n) is 6.82. The zero-order valence-corrected chi connectivity index (χ0v) is 13.1. The molecular weight excluding hydrogens is 309 g/mol. The molecule has 2 aliphatic rings. The summed E-state index contributed by atoms with van der Waals surface area (Å²) in [5, 5.41) is 7.54. The van der Waals surface area contributed by atoms with E-state index in [0.717, 1.165) is 30.4 Å². The van der Waals surface area contributed by atoms with Gasteiger partial charge in [0.1, 0.15) is 11.2 Å². The van der Waals surface area contributed by atoms with Crippen LogP contribution in [0.1, 0.15) is 17.7 Å². The number of aromatic amines is 2. The first-order valence-electron chi connectivity index (χ1n) is 8.08. The maximum atomic E-state index is 14.4. The Kier molecular flexibility index (Phi) is 2.66. The topological polar surface area (TPSA) is 77.7 Å². The number of amides is 1. The summed E-state index contributed by atoms with van der Waals surface area (Å²) in [7, 11) is 1.58. The molecule has 0 spiro atoms. The molecule has 6 nitrogen and oxygen atoms in total. The molecule has 1 amide bonds. The van der Waals surface area contributed by atoms with Gasteiger partial charge in [0.2, 0.25) is 6.41 Å². The van der Waals surface area contributed by atoms with E-state index in [9.17, 15) is 9.18 Å². The van der Waals surface area contributed by atoms with Gasteiger partial charge in [0, 0.05) is 24.0 Å². The summed E-state index contributed by atoms with van der Waals surface area (Å²) in [6.07, 6.45) is 4.01. The fourth-order valence-electron chi connectivity index (χ4n) is 3.76. The first kappa shape index (κ1) is 13.7. The average molecular weight is 325 g/mol. The van der Waals surface area contributed by atoms with Crippen molar-refractivity contribution in [2.24, 2.45) is 11.8 Å². The van der Waals surface area contributed by atoms with Crippen LogP contribution in [-0.4, -0.2) is 33.6 Å². The number of fused-ring (bicyclic) bond motifs is 3. The van der Waals surface area contributed by atoms with Gasteiger partial charge in [-0.25, -0.2) is 9.37 Å². The number of hydrogen-bond donors (Lipinski definition) is 2. The molecular formula is C17H16FN5O. The van der Waals surface area contributed by atoms with Crippen molar-refractivity contribution in [3.05, 3.63) is 29.2 Å². The van der Waals surface area contributed by atoms with Crippen molar-refractivity contribution in [2.75, 3.05) is 11.9 Å². The Morgan fingerprint density at radius 1 is 1.33 bits per heavy atom. The van der Waals surface area contributed by atoms with Crippen molar-refractivity contribution in [3.63, 3.8) is 0 Å². The zero-order valence-electron chi connectivity index (χ0n) is 13.1. The molecule has 2 aromatic heterocycles. The first-order chi connectivity index (χ1) is 11.6. The van der Waals surface area contributed by atoms with Crippen LogP contribution < -0.4 is 4.90 Å². The van der Waals surface area contributed by atoms with E-state index in [2.05, 4.69) is 20.2 Å². The molecule has 0 aliphatic heterocycles. The van der Waals surface area contributed by atoms with Crippen molar-refractivity contribution in [2.45, 2.75) is 19.3 Å². The molecule has 2 atom stereocenters. The zero-order chi connectivity index (χ0) is 16.4. The smallest absolute Gasteiger partial charge is 0.213 e. The van der Waals surface area contributed by atoms with Crippen molar-refractivity contribution in [3.8, 4) is 11.5 Å². The summed E-state index contributed by atoms with van der Waals surface area (Å²) >= 11 is 0. The van der Waals surface area contributed by atoms with E-state index in [0.29, 0.717) is 23.4 Å². The highest BCUT2D eigenvalue weighted by molar-refractivity contribution is 5.86. The fourth-order valence-corrected chi connectivity index (χ4v) is 3.76. The van der Waals surface area contributed by atoms with Crippen molar-refractivity contribution >= 4 is 23.1 Å². The largest absolute Gasteiger partial charge is 0.336 e. The van der Waals surface area contributed by atoms with Crippen LogP contribution in [-0.2, 0) is 17.6 Å². The molecule has 2 heterocycles. The highest BCUT2D eigenvalue weighted by atomic mass is 19.1. The van der Waals surface area contributed by atoms with E-state index < -0.39 is 5.82 Å². The van der Waals surface area contributed by atoms with E-state index in [1.165, 1.54) is 28.6 Å². The third-order valence-electron chi connectivity index (χ3n) is 5.27. The second kappa shape index (κ2) is 4.66. The van der Waals surface area contributed by atoms with Gasteiger partial charge in [-0.1, -0.05) is 0 Å². The van der Waals surface area contributed by atoms with E-state index in [-0.39, 0.29) is 5.52 Å². The Hall–Kier alpha value is -2.70. The van der Waals surface area contributed by atoms with Crippen LogP contribution in [0.15, 0.2) is 12.1 Å². The summed E-state index contributed by atoms with van der Waals surface area (Å²) in [5.41, 5.74) is 4.49. The minimum absolute atomic E-state index is 0.268. The Labute approximate surface area is 137 Å². The summed E-state index contributed by atoms with van der Waals surface area (Å²) in [4.78, 5) is 19.8. The standard InChI is InChI=1S/C17H16FN5O/c1-23(7-24)10-5-12(18)16-14(6-10)19-17(20-16)15-11-3-8-2-9(8)4-13(11)21-22-15/h5-9H,2-4H2,1H3,(H,19,20)(H,21,22). The van der Waals surface area contributed by atoms with Gasteiger partial charge in [-0.15, -0.1) is 0 Å². The van der Waals surface area contributed by atoms with Gasteiger partial charge in [-0.05, 0) is 43.2 Å². The minimum Gasteiger partial charge on any atom is -0.336 e. The molecule has 1 aromatic carbocycles. The van der Waals surface area contributed by atoms with Gasteiger partial charge < -0.3 is 9.88 Å². The number of halogens is 1. The Morgan fingerprint density at radius 2 is 2.17 bits per heavy atom. The molecule has 2 aliphatic carbocycles. The maximum Gasteiger partial charge on any atom is 0.213 e. The molecule has 2 N–H and O–H groups in total. The molecule has 3 aromatic rings. The molecule has 0 radical (unpaired) electrons. The Bertz CT molecular complexity index is 975. The van der Waals surface area contributed by atoms with E-state index >= 15 is 0 Å². The molecule has 24 heavy (non-hydrogen) atoms. The monoisotopic (exact) mass is 325 g/mol. The summed E-state index contributed by atoms with van der Waals surface area (Å²) < 4.78 is 14.4. The molecule has 0 saturated heterocycles. The normalized spacial score (nSPS) is 21.4. The number of aromatic nitrogens is 4. The lowest BCUT2D eigenvalue weighted by atomic mass is 9.96.